The van der Waals surface area contributed by atoms with E-state index in [1.54, 1.807) is 9.80 Å². The summed E-state index contributed by atoms with van der Waals surface area (Å²) < 4.78 is 64.6. The smallest absolute Gasteiger partial charge is 0.379 e. The number of methoxy groups -OCH3 is 1. The van der Waals surface area contributed by atoms with Gasteiger partial charge in [-0.1, -0.05) is 18.7 Å². The zero-order chi connectivity index (χ0) is 28.1. The molecule has 2 aliphatic rings. The van der Waals surface area contributed by atoms with Gasteiger partial charge < -0.3 is 14.5 Å². The average Bonchev–Trinajstić information content (AvgIpc) is 3.11. The highest BCUT2D eigenvalue weighted by Gasteiger charge is 2.39. The molecule has 1 amide bonds. The van der Waals surface area contributed by atoms with Crippen molar-refractivity contribution >= 4 is 34.4 Å². The number of alkyl halides is 3. The van der Waals surface area contributed by atoms with E-state index in [2.05, 4.69) is 11.6 Å². The summed E-state index contributed by atoms with van der Waals surface area (Å²) in [5.41, 5.74) is -1.10. The van der Waals surface area contributed by atoms with Gasteiger partial charge in [-0.2, -0.15) is 18.2 Å². The van der Waals surface area contributed by atoms with Crippen molar-refractivity contribution in [1.29, 1.82) is 0 Å². The Bertz CT molecular complexity index is 1510. The lowest BCUT2D eigenvalue weighted by atomic mass is 9.96. The number of amides is 1. The van der Waals surface area contributed by atoms with Crippen molar-refractivity contribution in [3.05, 3.63) is 64.9 Å². The lowest BCUT2D eigenvalue weighted by Crippen LogP contribution is -2.54. The molecule has 0 radical (unpaired) electrons. The van der Waals surface area contributed by atoms with E-state index in [0.29, 0.717) is 24.4 Å². The van der Waals surface area contributed by atoms with Crippen molar-refractivity contribution in [2.24, 2.45) is 0 Å². The fourth-order valence-corrected chi connectivity index (χ4v) is 6.55. The van der Waals surface area contributed by atoms with Gasteiger partial charge in [-0.25, -0.2) is 9.18 Å². The Morgan fingerprint density at radius 2 is 1.92 bits per heavy atom. The third kappa shape index (κ3) is 4.91. The molecule has 2 atom stereocenters. The number of anilines is 1. The largest absolute Gasteiger partial charge is 0.417 e. The number of rotatable bonds is 4. The van der Waals surface area contributed by atoms with Gasteiger partial charge in [-0.15, -0.1) is 11.8 Å². The lowest BCUT2D eigenvalue weighted by molar-refractivity contribution is -0.137. The minimum Gasteiger partial charge on any atom is -0.379 e. The van der Waals surface area contributed by atoms with Crippen LogP contribution in [0, 0.1) is 5.82 Å². The fraction of sp³-hybridized carbons (Fsp3) is 0.370. The van der Waals surface area contributed by atoms with Gasteiger partial charge in [0, 0.05) is 54.4 Å². The van der Waals surface area contributed by atoms with Crippen LogP contribution in [0.4, 0.5) is 23.4 Å². The van der Waals surface area contributed by atoms with E-state index in [0.717, 1.165) is 18.2 Å². The maximum absolute atomic E-state index is 14.7. The Kier molecular flexibility index (Phi) is 7.19. The van der Waals surface area contributed by atoms with E-state index in [-0.39, 0.29) is 52.3 Å². The summed E-state index contributed by atoms with van der Waals surface area (Å²) in [6.07, 6.45) is -3.98. The molecule has 0 saturated carbocycles. The van der Waals surface area contributed by atoms with E-state index in [4.69, 9.17) is 4.74 Å². The van der Waals surface area contributed by atoms with Crippen LogP contribution in [-0.2, 0) is 22.3 Å². The van der Waals surface area contributed by atoms with Crippen molar-refractivity contribution in [2.45, 2.75) is 36.7 Å². The van der Waals surface area contributed by atoms with E-state index >= 15 is 0 Å². The van der Waals surface area contributed by atoms with Crippen molar-refractivity contribution in [1.82, 2.24) is 14.5 Å². The molecule has 1 aromatic heterocycles. The van der Waals surface area contributed by atoms with E-state index in [1.807, 2.05) is 6.92 Å². The first-order valence-electron chi connectivity index (χ1n) is 12.3. The molecule has 39 heavy (non-hydrogen) atoms. The van der Waals surface area contributed by atoms with E-state index < -0.39 is 29.4 Å². The maximum atomic E-state index is 14.7. The molecule has 0 N–H and O–H groups in total. The van der Waals surface area contributed by atoms with Gasteiger partial charge in [0.2, 0.25) is 5.91 Å². The summed E-state index contributed by atoms with van der Waals surface area (Å²) in [5, 5.41) is 0.183. The third-order valence-corrected chi connectivity index (χ3v) is 8.38. The summed E-state index contributed by atoms with van der Waals surface area (Å²) >= 11 is 1.17. The SMILES string of the molecule is C=CC(=O)N1CCN(c2nc(=O)n3c4c(c(-c5ccc(F)cc5)c(C(F)(F)F)cc24)SC[C@@H](OC)C3)[C@@H](C)C1. The van der Waals surface area contributed by atoms with Gasteiger partial charge in [0.1, 0.15) is 11.6 Å². The maximum Gasteiger partial charge on any atom is 0.417 e. The quantitative estimate of drug-likeness (QED) is 0.343. The normalized spacial score (nSPS) is 19.7. The predicted molar refractivity (Wildman–Crippen MR) is 142 cm³/mol. The molecule has 5 rings (SSSR count). The van der Waals surface area contributed by atoms with Crippen LogP contribution in [-0.4, -0.2) is 65.0 Å². The Morgan fingerprint density at radius 1 is 1.21 bits per heavy atom. The minimum atomic E-state index is -4.75. The average molecular weight is 563 g/mol. The van der Waals surface area contributed by atoms with Crippen LogP contribution >= 0.6 is 11.8 Å². The van der Waals surface area contributed by atoms with Crippen LogP contribution < -0.4 is 10.6 Å². The number of hydrogen-bond donors (Lipinski definition) is 0. The molecule has 12 heteroatoms. The number of nitrogens with zero attached hydrogens (tertiary/aromatic N) is 4. The number of thioether (sulfide) groups is 1. The number of piperazine rings is 1. The van der Waals surface area contributed by atoms with Crippen molar-refractivity contribution in [3.8, 4) is 11.1 Å². The molecular formula is C27H26F4N4O3S. The number of ether oxygens (including phenoxy) is 1. The zero-order valence-corrected chi connectivity index (χ0v) is 22.1. The van der Waals surface area contributed by atoms with Gasteiger partial charge in [-0.05, 0) is 36.8 Å². The van der Waals surface area contributed by atoms with Crippen LogP contribution in [0.3, 0.4) is 0 Å². The van der Waals surface area contributed by atoms with Crippen LogP contribution in [0.2, 0.25) is 0 Å². The first kappa shape index (κ1) is 27.2. The van der Waals surface area contributed by atoms with Crippen LogP contribution in [0.5, 0.6) is 0 Å². The van der Waals surface area contributed by atoms with Crippen LogP contribution in [0.1, 0.15) is 12.5 Å². The molecule has 1 saturated heterocycles. The second-order valence-corrected chi connectivity index (χ2v) is 10.6. The summed E-state index contributed by atoms with van der Waals surface area (Å²) in [6.45, 7) is 6.33. The highest BCUT2D eigenvalue weighted by molar-refractivity contribution is 7.99. The predicted octanol–water partition coefficient (Wildman–Crippen LogP) is 4.57. The number of carbonyl (C=O) groups is 1. The number of benzene rings is 2. The number of hydrogen-bond acceptors (Lipinski definition) is 6. The second kappa shape index (κ2) is 10.3. The Balaban J connectivity index is 1.81. The van der Waals surface area contributed by atoms with Crippen molar-refractivity contribution in [2.75, 3.05) is 37.4 Å². The van der Waals surface area contributed by atoms with Crippen LogP contribution in [0.25, 0.3) is 22.0 Å². The zero-order valence-electron chi connectivity index (χ0n) is 21.3. The first-order chi connectivity index (χ1) is 18.5. The molecule has 206 valence electrons. The standard InChI is InChI=1S/C27H26F4N4O3S/c1-4-21(36)33-9-10-34(15(2)12-33)25-19-11-20(27(29,30)31)22(16-5-7-17(28)8-6-16)24-23(19)35(26(37)32-25)13-18(38-3)14-39-24/h4-8,11,15,18H,1,9-10,12-14H2,2-3H3/t15-,18-/m0/s1. The highest BCUT2D eigenvalue weighted by atomic mass is 32.2. The number of halogens is 4. The summed E-state index contributed by atoms with van der Waals surface area (Å²) in [5.74, 6) is -0.375. The van der Waals surface area contributed by atoms with E-state index in [1.165, 1.54) is 41.6 Å². The van der Waals surface area contributed by atoms with Gasteiger partial charge in [0.05, 0.1) is 23.7 Å². The Morgan fingerprint density at radius 3 is 2.54 bits per heavy atom. The molecule has 1 fully saturated rings. The van der Waals surface area contributed by atoms with Gasteiger partial charge >= 0.3 is 11.9 Å². The highest BCUT2D eigenvalue weighted by Crippen LogP contribution is 2.48. The Labute approximate surface area is 226 Å². The van der Waals surface area contributed by atoms with Crippen molar-refractivity contribution in [3.63, 3.8) is 0 Å². The van der Waals surface area contributed by atoms with E-state index in [9.17, 15) is 27.2 Å². The Hall–Kier alpha value is -3.38. The molecule has 0 bridgehead atoms. The van der Waals surface area contributed by atoms with Gasteiger partial charge in [-0.3, -0.25) is 9.36 Å². The monoisotopic (exact) mass is 562 g/mol. The molecule has 7 nitrogen and oxygen atoms in total. The molecule has 2 aliphatic heterocycles. The van der Waals surface area contributed by atoms with Gasteiger partial charge in [0.25, 0.3) is 0 Å². The molecular weight excluding hydrogens is 536 g/mol. The molecule has 0 spiro atoms. The lowest BCUT2D eigenvalue weighted by Gasteiger charge is -2.40. The van der Waals surface area contributed by atoms with Crippen molar-refractivity contribution < 1.29 is 27.1 Å². The first-order valence-corrected chi connectivity index (χ1v) is 13.3. The summed E-state index contributed by atoms with van der Waals surface area (Å²) in [7, 11) is 1.49. The topological polar surface area (TPSA) is 67.7 Å². The molecule has 3 heterocycles. The number of carbonyl (C=O) groups excluding carboxylic acids is 1. The molecule has 0 aliphatic carbocycles. The fourth-order valence-electron chi connectivity index (χ4n) is 5.23. The molecule has 0 unspecified atom stereocenters. The third-order valence-electron chi connectivity index (χ3n) is 7.16. The summed E-state index contributed by atoms with van der Waals surface area (Å²) in [4.78, 5) is 33.5. The summed E-state index contributed by atoms with van der Waals surface area (Å²) in [6, 6.07) is 5.56. The molecule has 3 aromatic rings. The second-order valence-electron chi connectivity index (χ2n) is 9.56. The molecule has 2 aromatic carbocycles. The van der Waals surface area contributed by atoms with Crippen LogP contribution in [0.15, 0.2) is 52.7 Å². The number of aromatic nitrogens is 2. The van der Waals surface area contributed by atoms with Gasteiger partial charge in [0.15, 0.2) is 0 Å². The minimum absolute atomic E-state index is 0.114.